The third kappa shape index (κ3) is 5.60. The highest BCUT2D eigenvalue weighted by Gasteiger charge is 2.30. The smallest absolute Gasteiger partial charge is 0.416 e. The number of benzene rings is 3. The summed E-state index contributed by atoms with van der Waals surface area (Å²) in [6.45, 7) is -0.224. The minimum absolute atomic E-state index is 0.224. The van der Waals surface area contributed by atoms with Crippen molar-refractivity contribution in [2.45, 2.75) is 18.6 Å². The second kappa shape index (κ2) is 10.1. The third-order valence-electron chi connectivity index (χ3n) is 5.64. The molecule has 0 aliphatic heterocycles. The van der Waals surface area contributed by atoms with Gasteiger partial charge in [0.2, 0.25) is 0 Å². The molecule has 180 valence electrons. The summed E-state index contributed by atoms with van der Waals surface area (Å²) in [7, 11) is 1.49. The number of methoxy groups -OCH3 is 1. The number of rotatable bonds is 7. The van der Waals surface area contributed by atoms with Crippen molar-refractivity contribution in [3.05, 3.63) is 95.6 Å². The minimum atomic E-state index is -4.43. The average molecular weight is 480 g/mol. The highest BCUT2D eigenvalue weighted by molar-refractivity contribution is 5.99. The van der Waals surface area contributed by atoms with Crippen molar-refractivity contribution in [2.75, 3.05) is 13.7 Å². The van der Waals surface area contributed by atoms with Gasteiger partial charge in [0.25, 0.3) is 5.91 Å². The number of aliphatic hydroxyl groups is 1. The van der Waals surface area contributed by atoms with Crippen LogP contribution in [0.15, 0.2) is 78.9 Å². The number of carbonyl (C=O) groups is 1. The molecule has 1 heterocycles. The number of alkyl halides is 3. The average Bonchev–Trinajstić information content (AvgIpc) is 2.87. The maximum atomic E-state index is 12.9. The third-order valence-corrected chi connectivity index (χ3v) is 5.64. The van der Waals surface area contributed by atoms with Gasteiger partial charge >= 0.3 is 6.18 Å². The molecule has 0 radical (unpaired) electrons. The van der Waals surface area contributed by atoms with Gasteiger partial charge in [0, 0.05) is 22.6 Å². The first-order valence-corrected chi connectivity index (χ1v) is 10.9. The van der Waals surface area contributed by atoms with Crippen molar-refractivity contribution >= 4 is 16.8 Å². The number of nitrogens with one attached hydrogen (secondary N) is 1. The minimum Gasteiger partial charge on any atom is -0.496 e. The molecule has 0 aliphatic rings. The number of hydrogen-bond donors (Lipinski definition) is 2. The van der Waals surface area contributed by atoms with E-state index in [9.17, 15) is 23.1 Å². The van der Waals surface area contributed by atoms with Gasteiger partial charge < -0.3 is 15.2 Å². The number of pyridine rings is 1. The summed E-state index contributed by atoms with van der Waals surface area (Å²) in [4.78, 5) is 17.5. The Kier molecular flexibility index (Phi) is 7.02. The molecule has 8 heteroatoms. The van der Waals surface area contributed by atoms with Crippen LogP contribution in [0.5, 0.6) is 5.75 Å². The summed E-state index contributed by atoms with van der Waals surface area (Å²) in [6, 6.07) is 20.3. The molecule has 0 bridgehead atoms. The number of halogens is 3. The maximum absolute atomic E-state index is 12.9. The number of carbonyl (C=O) groups excluding carboxylic acids is 1. The van der Waals surface area contributed by atoms with Gasteiger partial charge in [0.05, 0.1) is 36.5 Å². The number of amides is 1. The van der Waals surface area contributed by atoms with Crippen LogP contribution in [0, 0.1) is 0 Å². The van der Waals surface area contributed by atoms with E-state index >= 15 is 0 Å². The lowest BCUT2D eigenvalue weighted by Gasteiger charge is -2.17. The molecular formula is C27H23F3N2O3. The second-order valence-electron chi connectivity index (χ2n) is 8.06. The zero-order valence-corrected chi connectivity index (χ0v) is 18.8. The van der Waals surface area contributed by atoms with E-state index in [1.165, 1.54) is 19.2 Å². The van der Waals surface area contributed by atoms with Crippen molar-refractivity contribution in [3.63, 3.8) is 0 Å². The van der Waals surface area contributed by atoms with Crippen molar-refractivity contribution in [3.8, 4) is 17.0 Å². The monoisotopic (exact) mass is 480 g/mol. The summed E-state index contributed by atoms with van der Waals surface area (Å²) < 4.78 is 44.2. The predicted molar refractivity (Wildman–Crippen MR) is 127 cm³/mol. The lowest BCUT2D eigenvalue weighted by Crippen LogP contribution is -2.39. The molecule has 0 saturated heterocycles. The normalized spacial score (nSPS) is 12.4. The topological polar surface area (TPSA) is 71.5 Å². The fourth-order valence-corrected chi connectivity index (χ4v) is 3.81. The Bertz CT molecular complexity index is 1320. The quantitative estimate of drug-likeness (QED) is 0.379. The SMILES string of the molecule is COc1cc(-c2ccc(C(F)(F)F)cc2)nc2cc(C(=O)NC(CO)Cc3ccccc3)ccc12. The van der Waals surface area contributed by atoms with Gasteiger partial charge in [-0.15, -0.1) is 0 Å². The van der Waals surface area contributed by atoms with Crippen LogP contribution in [0.4, 0.5) is 13.2 Å². The molecule has 0 spiro atoms. The molecule has 4 rings (SSSR count). The van der Waals surface area contributed by atoms with E-state index in [4.69, 9.17) is 4.74 Å². The Morgan fingerprint density at radius 2 is 1.74 bits per heavy atom. The van der Waals surface area contributed by atoms with Gasteiger partial charge in [-0.3, -0.25) is 4.79 Å². The van der Waals surface area contributed by atoms with Crippen molar-refractivity contribution in [1.82, 2.24) is 10.3 Å². The zero-order valence-electron chi connectivity index (χ0n) is 18.8. The lowest BCUT2D eigenvalue weighted by molar-refractivity contribution is -0.137. The Morgan fingerprint density at radius 3 is 2.37 bits per heavy atom. The number of ether oxygens (including phenoxy) is 1. The van der Waals surface area contributed by atoms with Crippen molar-refractivity contribution in [1.29, 1.82) is 0 Å². The molecule has 3 aromatic carbocycles. The Morgan fingerprint density at radius 1 is 1.03 bits per heavy atom. The fourth-order valence-electron chi connectivity index (χ4n) is 3.81. The number of aromatic nitrogens is 1. The fraction of sp³-hybridized carbons (Fsp3) is 0.185. The maximum Gasteiger partial charge on any atom is 0.416 e. The summed E-state index contributed by atoms with van der Waals surface area (Å²) in [5.41, 5.74) is 1.92. The second-order valence-corrected chi connectivity index (χ2v) is 8.06. The van der Waals surface area contributed by atoms with Gasteiger partial charge in [0.15, 0.2) is 0 Å². The molecule has 0 saturated carbocycles. The summed E-state index contributed by atoms with van der Waals surface area (Å²) >= 11 is 0. The zero-order chi connectivity index (χ0) is 25.0. The van der Waals surface area contributed by atoms with E-state index < -0.39 is 17.8 Å². The molecule has 1 unspecified atom stereocenters. The van der Waals surface area contributed by atoms with Crippen LogP contribution in [0.25, 0.3) is 22.2 Å². The lowest BCUT2D eigenvalue weighted by atomic mass is 10.0. The summed E-state index contributed by atoms with van der Waals surface area (Å²) in [6.07, 6.45) is -3.96. The Balaban J connectivity index is 1.62. The van der Waals surface area contributed by atoms with Gasteiger partial charge in [-0.25, -0.2) is 4.98 Å². The Labute approximate surface area is 200 Å². The Hall–Kier alpha value is -3.91. The van der Waals surface area contributed by atoms with E-state index in [0.29, 0.717) is 39.9 Å². The predicted octanol–water partition coefficient (Wildman–Crippen LogP) is 5.26. The molecular weight excluding hydrogens is 457 g/mol. The van der Waals surface area contributed by atoms with Crippen LogP contribution in [0.2, 0.25) is 0 Å². The van der Waals surface area contributed by atoms with E-state index in [-0.39, 0.29) is 12.5 Å². The van der Waals surface area contributed by atoms with Crippen LogP contribution >= 0.6 is 0 Å². The first-order chi connectivity index (χ1) is 16.8. The number of fused-ring (bicyclic) bond motifs is 1. The number of nitrogens with zero attached hydrogens (tertiary/aromatic N) is 1. The largest absolute Gasteiger partial charge is 0.496 e. The molecule has 35 heavy (non-hydrogen) atoms. The number of aliphatic hydroxyl groups excluding tert-OH is 1. The first-order valence-electron chi connectivity index (χ1n) is 10.9. The number of hydrogen-bond acceptors (Lipinski definition) is 4. The van der Waals surface area contributed by atoms with Gasteiger partial charge in [-0.1, -0.05) is 42.5 Å². The highest BCUT2D eigenvalue weighted by atomic mass is 19.4. The van der Waals surface area contributed by atoms with Crippen LogP contribution < -0.4 is 10.1 Å². The van der Waals surface area contributed by atoms with E-state index in [1.54, 1.807) is 24.3 Å². The molecule has 0 aliphatic carbocycles. The van der Waals surface area contributed by atoms with Crippen molar-refractivity contribution < 1.29 is 27.8 Å². The molecule has 0 fully saturated rings. The van der Waals surface area contributed by atoms with Gasteiger partial charge in [-0.2, -0.15) is 13.2 Å². The molecule has 4 aromatic rings. The molecule has 5 nitrogen and oxygen atoms in total. The molecule has 1 aromatic heterocycles. The van der Waals surface area contributed by atoms with Crippen LogP contribution in [-0.2, 0) is 12.6 Å². The van der Waals surface area contributed by atoms with Crippen LogP contribution in [-0.4, -0.2) is 35.8 Å². The molecule has 2 N–H and O–H groups in total. The summed E-state index contributed by atoms with van der Waals surface area (Å²) in [5.74, 6) is 0.108. The van der Waals surface area contributed by atoms with Crippen molar-refractivity contribution in [2.24, 2.45) is 0 Å². The van der Waals surface area contributed by atoms with Crippen LogP contribution in [0.1, 0.15) is 21.5 Å². The standard InChI is InChI=1S/C27H23F3N2O3/c1-35-25-15-23(18-7-10-20(11-8-18)27(28,29)30)32-24-14-19(9-12-22(24)25)26(34)31-21(16-33)13-17-5-3-2-4-6-17/h2-12,14-15,21,33H,13,16H2,1H3,(H,31,34). The molecule has 1 atom stereocenters. The first kappa shape index (κ1) is 24.2. The molecule has 1 amide bonds. The van der Waals surface area contributed by atoms with E-state index in [0.717, 1.165) is 17.7 Å². The highest BCUT2D eigenvalue weighted by Crippen LogP contribution is 2.33. The van der Waals surface area contributed by atoms with Crippen LogP contribution in [0.3, 0.4) is 0 Å². The van der Waals surface area contributed by atoms with Gasteiger partial charge in [-0.05, 0) is 42.3 Å². The summed E-state index contributed by atoms with van der Waals surface area (Å²) in [5, 5.41) is 13.2. The van der Waals surface area contributed by atoms with E-state index in [1.807, 2.05) is 30.3 Å². The van der Waals surface area contributed by atoms with E-state index in [2.05, 4.69) is 10.3 Å². The van der Waals surface area contributed by atoms with Gasteiger partial charge in [0.1, 0.15) is 5.75 Å².